The number of hydrogen-bond acceptors (Lipinski definition) is 9. The number of carbonyl (C=O) groups excluding carboxylic acids is 1. The van der Waals surface area contributed by atoms with E-state index in [0.717, 1.165) is 33.0 Å². The van der Waals surface area contributed by atoms with Crippen molar-refractivity contribution in [3.63, 3.8) is 0 Å². The molecule has 7 rings (SSSR count). The molecule has 2 amide bonds. The molecule has 2 aliphatic carbocycles. The highest BCUT2D eigenvalue weighted by Crippen LogP contribution is 2.51. The summed E-state index contributed by atoms with van der Waals surface area (Å²) in [6.45, 7) is -2.31. The van der Waals surface area contributed by atoms with Crippen molar-refractivity contribution in [2.45, 2.75) is 101 Å². The average Bonchev–Trinajstić information content (AvgIpc) is 4.10. The first-order valence-electron chi connectivity index (χ1n) is 19.4. The normalized spacial score (nSPS) is 18.7. The topological polar surface area (TPSA) is 233 Å². The molecule has 0 bridgehead atoms. The summed E-state index contributed by atoms with van der Waals surface area (Å²) in [6.07, 6.45) is -7.63. The molecule has 3 heterocycles. The van der Waals surface area contributed by atoms with E-state index >= 15 is 4.79 Å². The first-order chi connectivity index (χ1) is 29.9. The van der Waals surface area contributed by atoms with Crippen LogP contribution in [0.25, 0.3) is 22.6 Å². The Bertz CT molecular complexity index is 2410. The first kappa shape index (κ1) is 47.2. The second-order valence-corrected chi connectivity index (χ2v) is 16.5. The molecule has 3 aliphatic rings. The van der Waals surface area contributed by atoms with Gasteiger partial charge in [-0.25, -0.2) is 18.6 Å². The van der Waals surface area contributed by atoms with Crippen molar-refractivity contribution in [3.8, 4) is 22.6 Å². The van der Waals surface area contributed by atoms with Crippen LogP contribution in [0.2, 0.25) is 5.02 Å². The first-order valence-corrected chi connectivity index (χ1v) is 19.8. The highest BCUT2D eigenvalue weighted by molar-refractivity contribution is 6.33. The van der Waals surface area contributed by atoms with Gasteiger partial charge in [0.2, 0.25) is 0 Å². The number of carboxylic acid groups (broad SMARTS) is 3. The summed E-state index contributed by atoms with van der Waals surface area (Å²) in [7, 11) is 0. The van der Waals surface area contributed by atoms with Gasteiger partial charge in [0.05, 0.1) is 41.6 Å². The van der Waals surface area contributed by atoms with Crippen LogP contribution in [0.4, 0.5) is 35.5 Å². The highest BCUT2D eigenvalue weighted by atomic mass is 35.5. The molecule has 344 valence electrons. The van der Waals surface area contributed by atoms with Crippen molar-refractivity contribution in [1.82, 2.24) is 44.9 Å². The van der Waals surface area contributed by atoms with Gasteiger partial charge in [-0.1, -0.05) is 55.8 Å². The molecule has 1 aliphatic heterocycles. The quantitative estimate of drug-likeness (QED) is 0.0685. The number of nitrogens with zero attached hydrogens (tertiary/aromatic N) is 8. The number of guanidine groups is 1. The molecule has 3 fully saturated rings. The van der Waals surface area contributed by atoms with E-state index in [9.17, 15) is 50.2 Å². The molecule has 2 aromatic heterocycles. The monoisotopic (exact) mass is 928 g/mol. The van der Waals surface area contributed by atoms with Crippen LogP contribution in [-0.2, 0) is 19.9 Å². The van der Waals surface area contributed by atoms with Crippen LogP contribution in [0.15, 0.2) is 55.0 Å². The number of benzene rings is 2. The zero-order chi connectivity index (χ0) is 47.1. The molecular weight excluding hydrogens is 889 g/mol. The maximum Gasteiger partial charge on any atom is 0.408 e. The van der Waals surface area contributed by atoms with E-state index in [1.54, 1.807) is 4.80 Å². The van der Waals surface area contributed by atoms with Gasteiger partial charge >= 0.3 is 30.8 Å². The minimum absolute atomic E-state index is 0.00678. The Balaban J connectivity index is 0.000000776. The third kappa shape index (κ3) is 9.45. The van der Waals surface area contributed by atoms with Gasteiger partial charge in [-0.05, 0) is 55.4 Å². The van der Waals surface area contributed by atoms with Crippen LogP contribution >= 0.6 is 11.6 Å². The summed E-state index contributed by atoms with van der Waals surface area (Å²) < 4.78 is 101. The molecule has 0 radical (unpaired) electrons. The van der Waals surface area contributed by atoms with Crippen LogP contribution in [-0.4, -0.2) is 109 Å². The Labute approximate surface area is 363 Å². The molecule has 17 nitrogen and oxygen atoms in total. The van der Waals surface area contributed by atoms with Gasteiger partial charge in [0.15, 0.2) is 11.8 Å². The van der Waals surface area contributed by atoms with Gasteiger partial charge < -0.3 is 20.6 Å². The fourth-order valence-electron chi connectivity index (χ4n) is 7.33. The number of rotatable bonds is 16. The smallest absolute Gasteiger partial charge is 0.408 e. The molecule has 25 heteroatoms. The van der Waals surface area contributed by atoms with E-state index in [1.165, 1.54) is 48.7 Å². The maximum atomic E-state index is 15.0. The van der Waals surface area contributed by atoms with Gasteiger partial charge in [-0.2, -0.15) is 46.7 Å². The van der Waals surface area contributed by atoms with Gasteiger partial charge in [-0.15, -0.1) is 0 Å². The minimum atomic E-state index is -4.86. The van der Waals surface area contributed by atoms with Crippen LogP contribution < -0.4 is 5.32 Å². The fourth-order valence-corrected chi connectivity index (χ4v) is 7.53. The number of amides is 2. The van der Waals surface area contributed by atoms with Gasteiger partial charge in [0.1, 0.15) is 23.1 Å². The molecule has 2 saturated carbocycles. The molecule has 64 heavy (non-hydrogen) atoms. The molecule has 2 atom stereocenters. The Kier molecular flexibility index (Phi) is 13.0. The van der Waals surface area contributed by atoms with Gasteiger partial charge in [0, 0.05) is 17.7 Å². The molecule has 1 saturated heterocycles. The number of nitrogens with one attached hydrogen (secondary N) is 2. The number of alkyl halides is 7. The lowest BCUT2D eigenvalue weighted by molar-refractivity contribution is -0.218. The van der Waals surface area contributed by atoms with Crippen molar-refractivity contribution >= 4 is 41.5 Å². The number of aromatic nitrogens is 6. The minimum Gasteiger partial charge on any atom is -0.481 e. The van der Waals surface area contributed by atoms with E-state index in [-0.39, 0.29) is 58.1 Å². The fraction of sp³-hybridized carbons (Fsp3) is 0.462. The van der Waals surface area contributed by atoms with E-state index in [2.05, 4.69) is 25.6 Å². The number of aliphatic carboxylic acids is 2. The van der Waals surface area contributed by atoms with Crippen molar-refractivity contribution < 1.29 is 65.2 Å². The summed E-state index contributed by atoms with van der Waals surface area (Å²) in [5, 5.41) is 49.9. The molecule has 4 aromatic rings. The largest absolute Gasteiger partial charge is 0.481 e. The third-order valence-corrected chi connectivity index (χ3v) is 11.5. The standard InChI is InChI=1S/C35H34ClF7N10O3.C4H6O4/c1-32(2,35(41,42)43)16-34(20-6-3-18(4-7-20)24-14-46-53(49-24)21-8-9-21)28(54)51(30(44)48-34)25(15-50(31(55)56)33(11-12-33)27(37)38)19-5-10-23(36)22(13-19)26-45-17-47-52(26)29(39)40;5-3(6)1-2-4(7)8/h3-7,10,13-14,17,21,25,27,29H,8-9,11-12,15-16H2,1-2H3,(H2,44,48)(H,55,56);1-2H2,(H,5,6)(H,7,8)/t25?,34-;/m1./s1. The lowest BCUT2D eigenvalue weighted by Gasteiger charge is -2.38. The van der Waals surface area contributed by atoms with E-state index in [4.69, 9.17) is 27.2 Å². The van der Waals surface area contributed by atoms with Crippen LogP contribution in [0.3, 0.4) is 0 Å². The summed E-state index contributed by atoms with van der Waals surface area (Å²) in [6, 6.07) is 8.03. The maximum absolute atomic E-state index is 15.0. The zero-order valence-corrected chi connectivity index (χ0v) is 34.5. The number of carboxylic acids is 2. The highest BCUT2D eigenvalue weighted by Gasteiger charge is 2.62. The Morgan fingerprint density at radius 3 is 2.12 bits per heavy atom. The molecule has 1 unspecified atom stereocenters. The summed E-state index contributed by atoms with van der Waals surface area (Å²) >= 11 is 6.40. The van der Waals surface area contributed by atoms with Crippen molar-refractivity contribution in [2.75, 3.05) is 6.54 Å². The molecular formula is C39H40ClF7N10O7. The second kappa shape index (κ2) is 17.7. The Morgan fingerprint density at radius 1 is 0.984 bits per heavy atom. The predicted molar refractivity (Wildman–Crippen MR) is 209 cm³/mol. The lowest BCUT2D eigenvalue weighted by atomic mass is 9.74. The predicted octanol–water partition coefficient (Wildman–Crippen LogP) is 7.58. The molecule has 0 spiro atoms. The summed E-state index contributed by atoms with van der Waals surface area (Å²) in [5.41, 5.74) is -6.27. The van der Waals surface area contributed by atoms with Crippen LogP contribution in [0, 0.1) is 10.8 Å². The Morgan fingerprint density at radius 2 is 1.61 bits per heavy atom. The number of carbonyl (C=O) groups is 4. The number of halogens is 8. The third-order valence-electron chi connectivity index (χ3n) is 11.2. The zero-order valence-electron chi connectivity index (χ0n) is 33.7. The van der Waals surface area contributed by atoms with Crippen LogP contribution in [0.5, 0.6) is 0 Å². The van der Waals surface area contributed by atoms with Gasteiger partial charge in [-0.3, -0.25) is 29.6 Å². The van der Waals surface area contributed by atoms with E-state index in [0.29, 0.717) is 21.1 Å². The average molecular weight is 929 g/mol. The van der Waals surface area contributed by atoms with E-state index in [1.807, 2.05) is 0 Å². The van der Waals surface area contributed by atoms with Crippen molar-refractivity contribution in [3.05, 3.63) is 71.1 Å². The van der Waals surface area contributed by atoms with Gasteiger partial charge in [0.25, 0.3) is 12.3 Å². The summed E-state index contributed by atoms with van der Waals surface area (Å²) in [4.78, 5) is 53.6. The van der Waals surface area contributed by atoms with E-state index < -0.39 is 90.4 Å². The van der Waals surface area contributed by atoms with Crippen molar-refractivity contribution in [2.24, 2.45) is 5.41 Å². The second-order valence-electron chi connectivity index (χ2n) is 16.1. The molecule has 2 aromatic carbocycles. The summed E-state index contributed by atoms with van der Waals surface area (Å²) in [5.74, 6) is -4.49. The molecule has 5 N–H and O–H groups in total. The van der Waals surface area contributed by atoms with Crippen molar-refractivity contribution in [1.29, 1.82) is 5.41 Å². The lowest BCUT2D eigenvalue weighted by Crippen LogP contribution is -2.52. The van der Waals surface area contributed by atoms with Crippen LogP contribution in [0.1, 0.15) is 88.6 Å². The number of hydrogen-bond donors (Lipinski definition) is 5. The Hall–Kier alpha value is -6.33. The SMILES string of the molecule is CC(C)(C[C@]1(c2ccc(-c3cnn(C4CC4)n3)cc2)NC(=N)N(C(CN(C(=O)O)C2(C(F)F)CC2)c2ccc(Cl)c(-c3ncnn3C(F)F)c2)C1=O)C(F)(F)F.O=C(O)CCC(=O)O.